The molecule has 6 heteroatoms. The Morgan fingerprint density at radius 2 is 2.00 bits per heavy atom. The van der Waals surface area contributed by atoms with Gasteiger partial charge in [0.2, 0.25) is 0 Å². The molecule has 6 nitrogen and oxygen atoms in total. The number of benzene rings is 1. The molecule has 0 unspecified atom stereocenters. The van der Waals surface area contributed by atoms with Crippen molar-refractivity contribution in [2.24, 2.45) is 16.1 Å². The van der Waals surface area contributed by atoms with Gasteiger partial charge in [-0.3, -0.25) is 0 Å². The molecule has 0 radical (unpaired) electrons. The van der Waals surface area contributed by atoms with Gasteiger partial charge in [-0.1, -0.05) is 12.1 Å². The van der Waals surface area contributed by atoms with Gasteiger partial charge in [-0.05, 0) is 54.9 Å². The lowest BCUT2D eigenvalue weighted by molar-refractivity contribution is -0.00983. The van der Waals surface area contributed by atoms with Crippen LogP contribution in [0.3, 0.4) is 0 Å². The van der Waals surface area contributed by atoms with E-state index in [4.69, 9.17) is 22.9 Å². The Kier molecular flexibility index (Phi) is 3.25. The third-order valence-electron chi connectivity index (χ3n) is 6.49. The van der Waals surface area contributed by atoms with E-state index in [-0.39, 0.29) is 17.5 Å². The fourth-order valence-electron chi connectivity index (χ4n) is 5.07. The number of hydrogen-bond acceptors (Lipinski definition) is 6. The van der Waals surface area contributed by atoms with Gasteiger partial charge >= 0.3 is 0 Å². The van der Waals surface area contributed by atoms with Crippen LogP contribution < -0.4 is 5.73 Å². The summed E-state index contributed by atoms with van der Waals surface area (Å²) in [5.74, 6) is 0. The summed E-state index contributed by atoms with van der Waals surface area (Å²) in [5, 5.41) is 0. The summed E-state index contributed by atoms with van der Waals surface area (Å²) in [4.78, 5) is 12.9. The normalized spacial score (nSPS) is 34.7. The highest BCUT2D eigenvalue weighted by molar-refractivity contribution is 5.75. The number of hydrogen-bond donors (Lipinski definition) is 1. The molecule has 2 N–H and O–H groups in total. The summed E-state index contributed by atoms with van der Waals surface area (Å²) in [7, 11) is 1.74. The van der Waals surface area contributed by atoms with Gasteiger partial charge in [-0.15, -0.1) is 0 Å². The highest BCUT2D eigenvalue weighted by Gasteiger charge is 2.61. The van der Waals surface area contributed by atoms with Gasteiger partial charge in [0.05, 0.1) is 8.85 Å². The van der Waals surface area contributed by atoms with Crippen molar-refractivity contribution < 1.29 is 12.2 Å². The standard InChI is InChI=1S/C21H24N4O2/c1-26-17-4-6-20(7-5-17)9-15-3-2-14(16-10-23-13-24-11-16)8-18(15)21(20)12-27-19(22)25-21/h2-3,8,10-11,13,17H,4-7,9,12H2,1H3,(H2,22,25)/t17-,20-,21-/m0/s1/i12D2. The number of nitrogens with zero attached hydrogens (tertiary/aromatic N) is 3. The topological polar surface area (TPSA) is 82.6 Å². The Hall–Kier alpha value is -2.47. The van der Waals surface area contributed by atoms with E-state index in [0.29, 0.717) is 0 Å². The van der Waals surface area contributed by atoms with Crippen LogP contribution >= 0.6 is 0 Å². The molecule has 2 heterocycles. The van der Waals surface area contributed by atoms with Gasteiger partial charge in [0, 0.05) is 30.5 Å². The van der Waals surface area contributed by atoms with Crippen molar-refractivity contribution in [3.63, 3.8) is 0 Å². The third-order valence-corrected chi connectivity index (χ3v) is 6.49. The maximum absolute atomic E-state index is 8.82. The number of aliphatic imine (C=N–C) groups is 1. The predicted octanol–water partition coefficient (Wildman–Crippen LogP) is 2.82. The zero-order valence-electron chi connectivity index (χ0n) is 17.3. The van der Waals surface area contributed by atoms with Crippen LogP contribution in [0.4, 0.5) is 0 Å². The molecular weight excluding hydrogens is 340 g/mol. The minimum absolute atomic E-state index is 0.0791. The molecule has 1 aliphatic heterocycles. The summed E-state index contributed by atoms with van der Waals surface area (Å²) in [6.07, 6.45) is 9.33. The molecule has 5 rings (SSSR count). The molecule has 2 aromatic rings. The first kappa shape index (κ1) is 14.6. The van der Waals surface area contributed by atoms with Crippen LogP contribution in [0, 0.1) is 5.41 Å². The second-order valence-corrected chi connectivity index (χ2v) is 7.76. The first-order valence-corrected chi connectivity index (χ1v) is 9.37. The monoisotopic (exact) mass is 366 g/mol. The van der Waals surface area contributed by atoms with Crippen LogP contribution in [0.2, 0.25) is 0 Å². The van der Waals surface area contributed by atoms with Crippen molar-refractivity contribution in [2.75, 3.05) is 13.7 Å². The van der Waals surface area contributed by atoms with Crippen LogP contribution in [-0.2, 0) is 21.4 Å². The van der Waals surface area contributed by atoms with Gasteiger partial charge in [0.1, 0.15) is 18.4 Å². The summed E-state index contributed by atoms with van der Waals surface area (Å²) >= 11 is 0. The molecule has 2 spiro atoms. The highest BCUT2D eigenvalue weighted by atomic mass is 16.5. The molecular formula is C21H24N4O2. The second-order valence-electron chi connectivity index (χ2n) is 7.76. The molecule has 3 aliphatic rings. The summed E-state index contributed by atoms with van der Waals surface area (Å²) in [5.41, 5.74) is 8.19. The quantitative estimate of drug-likeness (QED) is 0.884. The molecule has 0 amide bonds. The highest BCUT2D eigenvalue weighted by Crippen LogP contribution is 2.61. The van der Waals surface area contributed by atoms with Crippen molar-refractivity contribution in [3.05, 3.63) is 48.0 Å². The first-order chi connectivity index (χ1) is 13.9. The number of ether oxygens (including phenoxy) is 2. The van der Waals surface area contributed by atoms with Crippen molar-refractivity contribution in [2.45, 2.75) is 43.7 Å². The number of amidine groups is 1. The van der Waals surface area contributed by atoms with Crippen LogP contribution in [0.15, 0.2) is 41.9 Å². The van der Waals surface area contributed by atoms with Gasteiger partial charge in [0.25, 0.3) is 6.02 Å². The van der Waals surface area contributed by atoms with E-state index in [2.05, 4.69) is 16.0 Å². The van der Waals surface area contributed by atoms with Gasteiger partial charge in [-0.2, -0.15) is 0 Å². The van der Waals surface area contributed by atoms with Gasteiger partial charge in [0.15, 0.2) is 0 Å². The summed E-state index contributed by atoms with van der Waals surface area (Å²) in [6.45, 7) is -2.02. The van der Waals surface area contributed by atoms with E-state index in [1.165, 1.54) is 6.33 Å². The molecule has 1 aromatic heterocycles. The van der Waals surface area contributed by atoms with Crippen molar-refractivity contribution in [3.8, 4) is 11.1 Å². The van der Waals surface area contributed by atoms with Gasteiger partial charge < -0.3 is 15.2 Å². The lowest BCUT2D eigenvalue weighted by Gasteiger charge is -2.45. The predicted molar refractivity (Wildman–Crippen MR) is 102 cm³/mol. The molecule has 0 bridgehead atoms. The van der Waals surface area contributed by atoms with Crippen LogP contribution in [0.1, 0.15) is 39.6 Å². The molecule has 1 atom stereocenters. The number of aromatic nitrogens is 2. The largest absolute Gasteiger partial charge is 0.462 e. The molecule has 2 aliphatic carbocycles. The fourth-order valence-corrected chi connectivity index (χ4v) is 5.07. The van der Waals surface area contributed by atoms with E-state index < -0.39 is 12.1 Å². The molecule has 140 valence electrons. The van der Waals surface area contributed by atoms with Crippen LogP contribution in [-0.4, -0.2) is 35.8 Å². The minimum Gasteiger partial charge on any atom is -0.462 e. The third kappa shape index (κ3) is 2.39. The Labute approximate surface area is 161 Å². The first-order valence-electron chi connectivity index (χ1n) is 10.4. The zero-order valence-corrected chi connectivity index (χ0v) is 15.3. The maximum atomic E-state index is 8.82. The number of rotatable bonds is 2. The Morgan fingerprint density at radius 1 is 1.22 bits per heavy atom. The molecule has 1 saturated carbocycles. The van der Waals surface area contributed by atoms with Gasteiger partial charge in [-0.25, -0.2) is 15.0 Å². The van der Waals surface area contributed by atoms with Crippen LogP contribution in [0.5, 0.6) is 0 Å². The van der Waals surface area contributed by atoms with E-state index in [1.54, 1.807) is 19.5 Å². The minimum atomic E-state index is -2.02. The Morgan fingerprint density at radius 3 is 2.67 bits per heavy atom. The summed E-state index contributed by atoms with van der Waals surface area (Å²) in [6, 6.07) is 6.07. The van der Waals surface area contributed by atoms with E-state index in [0.717, 1.165) is 54.4 Å². The zero-order chi connectivity index (χ0) is 20.3. The van der Waals surface area contributed by atoms with Crippen molar-refractivity contribution in [1.82, 2.24) is 9.97 Å². The van der Waals surface area contributed by atoms with Crippen molar-refractivity contribution >= 4 is 6.02 Å². The molecule has 0 saturated heterocycles. The Bertz CT molecular complexity index is 974. The number of methoxy groups -OCH3 is 1. The van der Waals surface area contributed by atoms with E-state index in [1.807, 2.05) is 12.1 Å². The SMILES string of the molecule is [2H]C1([2H])OC(N)=N[C@]12c1cc(-c3cncnc3)ccc1C[C@]21CC[C@@H](OC)CC1. The smallest absolute Gasteiger partial charge is 0.283 e. The molecule has 1 fully saturated rings. The van der Waals surface area contributed by atoms with Crippen molar-refractivity contribution in [1.29, 1.82) is 0 Å². The molecule has 27 heavy (non-hydrogen) atoms. The van der Waals surface area contributed by atoms with E-state index >= 15 is 0 Å². The second kappa shape index (κ2) is 6.02. The lowest BCUT2D eigenvalue weighted by atomic mass is 9.62. The van der Waals surface area contributed by atoms with Crippen LogP contribution in [0.25, 0.3) is 11.1 Å². The Balaban J connectivity index is 1.69. The molecule has 1 aromatic carbocycles. The maximum Gasteiger partial charge on any atom is 0.283 e. The number of fused-ring (bicyclic) bond motifs is 3. The number of nitrogens with two attached hydrogens (primary N) is 1. The summed E-state index contributed by atoms with van der Waals surface area (Å²) < 4.78 is 28.7. The lowest BCUT2D eigenvalue weighted by Crippen LogP contribution is -2.46. The van der Waals surface area contributed by atoms with E-state index in [9.17, 15) is 0 Å². The fraction of sp³-hybridized carbons (Fsp3) is 0.476. The average Bonchev–Trinajstić information content (AvgIpc) is 3.13. The average molecular weight is 366 g/mol.